The van der Waals surface area contributed by atoms with Crippen LogP contribution in [0.1, 0.15) is 24.1 Å². The van der Waals surface area contributed by atoms with Gasteiger partial charge in [0, 0.05) is 75.5 Å². The van der Waals surface area contributed by atoms with Crippen molar-refractivity contribution in [3.63, 3.8) is 0 Å². The number of aryl methyl sites for hydroxylation is 1. The number of aromatic amines is 2. The van der Waals surface area contributed by atoms with Crippen molar-refractivity contribution in [1.29, 1.82) is 0 Å². The molecule has 24 heavy (non-hydrogen) atoms. The van der Waals surface area contributed by atoms with Gasteiger partial charge in [-0.3, -0.25) is 9.78 Å². The number of hydrogen-bond donors (Lipinski definition) is 2. The van der Waals surface area contributed by atoms with Gasteiger partial charge < -0.3 is 4.98 Å². The first-order valence-electron chi connectivity index (χ1n) is 8.32. The highest BCUT2D eigenvalue weighted by Crippen LogP contribution is 2.43. The van der Waals surface area contributed by atoms with Crippen LogP contribution in [0.5, 0.6) is 0 Å². The highest BCUT2D eigenvalue weighted by molar-refractivity contribution is 8.01. The molecule has 2 N–H and O–H groups in total. The molecule has 0 amide bonds. The average Bonchev–Trinajstić information content (AvgIpc) is 3.20. The maximum Gasteiger partial charge on any atom is 0.255 e. The van der Waals surface area contributed by atoms with Gasteiger partial charge in [-0.15, -0.1) is 0 Å². The molecule has 0 saturated carbocycles. The third kappa shape index (κ3) is 4.89. The summed E-state index contributed by atoms with van der Waals surface area (Å²) in [4.78, 5) is 17.6. The lowest BCUT2D eigenvalue weighted by Gasteiger charge is -2.25. The standard InChI is InChI=1S/C10H14B10N2OS/c1-6-8(9(23)22-10(24)21-6)4-2-3-7-5-16(7)20(18(13)14)19(15)17(11)12/h7H,2-5H2,1H3,(H2,21,22,23,24). The van der Waals surface area contributed by atoms with E-state index in [0.717, 1.165) is 30.4 Å². The van der Waals surface area contributed by atoms with E-state index in [-0.39, 0.29) is 11.9 Å². The third-order valence-electron chi connectivity index (χ3n) is 5.06. The van der Waals surface area contributed by atoms with Crippen LogP contribution in [-0.2, 0) is 6.42 Å². The molecule has 10 radical (unpaired) electrons. The van der Waals surface area contributed by atoms with E-state index in [2.05, 4.69) is 9.97 Å². The van der Waals surface area contributed by atoms with Gasteiger partial charge in [-0.25, -0.2) is 0 Å². The SMILES string of the molecule is [B]B([B])B([B])B(B([B])[B])B1CC1CCCc1c(C)[nH]c(=S)[nH]c1=O. The minimum Gasteiger partial charge on any atom is -0.336 e. The van der Waals surface area contributed by atoms with Gasteiger partial charge in [0.15, 0.2) is 4.77 Å². The van der Waals surface area contributed by atoms with Gasteiger partial charge in [-0.1, -0.05) is 18.6 Å². The molecule has 14 heteroatoms. The van der Waals surface area contributed by atoms with E-state index in [9.17, 15) is 4.79 Å². The van der Waals surface area contributed by atoms with Crippen molar-refractivity contribution in [2.45, 2.75) is 38.3 Å². The normalized spacial score (nSPS) is 15.9. The Bertz CT molecular complexity index is 678. The van der Waals surface area contributed by atoms with Crippen LogP contribution in [-0.4, -0.2) is 80.8 Å². The molecule has 1 saturated heterocycles. The molecule has 1 atom stereocenters. The summed E-state index contributed by atoms with van der Waals surface area (Å²) in [6.45, 7) is 2.22. The molecular weight excluding hydrogens is 304 g/mol. The topological polar surface area (TPSA) is 48.6 Å². The summed E-state index contributed by atoms with van der Waals surface area (Å²) in [5.41, 5.74) is 1.48. The third-order valence-corrected chi connectivity index (χ3v) is 5.27. The Kier molecular flexibility index (Phi) is 7.04. The van der Waals surface area contributed by atoms with E-state index >= 15 is 0 Å². The van der Waals surface area contributed by atoms with Crippen LogP contribution in [0.4, 0.5) is 0 Å². The van der Waals surface area contributed by atoms with Gasteiger partial charge in [0.25, 0.3) is 5.56 Å². The van der Waals surface area contributed by atoms with E-state index in [1.165, 1.54) is 0 Å². The molecule has 0 aromatic carbocycles. The largest absolute Gasteiger partial charge is 0.336 e. The van der Waals surface area contributed by atoms with Crippen LogP contribution < -0.4 is 5.56 Å². The summed E-state index contributed by atoms with van der Waals surface area (Å²) in [6, 6.07) is 0. The van der Waals surface area contributed by atoms with Gasteiger partial charge in [0.1, 0.15) is 0 Å². The first-order valence-corrected chi connectivity index (χ1v) is 8.73. The summed E-state index contributed by atoms with van der Waals surface area (Å²) >= 11 is 4.96. The second kappa shape index (κ2) is 8.42. The zero-order valence-corrected chi connectivity index (χ0v) is 14.8. The predicted molar refractivity (Wildman–Crippen MR) is 116 cm³/mol. The Morgan fingerprint density at radius 1 is 1.21 bits per heavy atom. The quantitative estimate of drug-likeness (QED) is 0.456. The average molecular weight is 318 g/mol. The maximum absolute atomic E-state index is 12.0. The van der Waals surface area contributed by atoms with Crippen molar-refractivity contribution in [2.75, 3.05) is 0 Å². The minimum atomic E-state index is -0.625. The highest BCUT2D eigenvalue weighted by atomic mass is 32.1. The molecule has 1 aromatic rings. The first kappa shape index (κ1) is 20.1. The van der Waals surface area contributed by atoms with E-state index in [1.807, 2.05) is 6.92 Å². The molecule has 1 aliphatic heterocycles. The van der Waals surface area contributed by atoms with Crippen molar-refractivity contribution in [2.24, 2.45) is 0 Å². The molecule has 0 aliphatic carbocycles. The molecule has 106 valence electrons. The van der Waals surface area contributed by atoms with Crippen LogP contribution in [0.15, 0.2) is 4.79 Å². The maximum atomic E-state index is 12.0. The van der Waals surface area contributed by atoms with Crippen LogP contribution in [0.3, 0.4) is 0 Å². The fourth-order valence-corrected chi connectivity index (χ4v) is 3.87. The Morgan fingerprint density at radius 2 is 1.88 bits per heavy atom. The zero-order chi connectivity index (χ0) is 18.0. The van der Waals surface area contributed by atoms with E-state index < -0.39 is 19.2 Å². The van der Waals surface area contributed by atoms with Crippen LogP contribution >= 0.6 is 12.2 Å². The fraction of sp³-hybridized carbons (Fsp3) is 0.600. The number of H-pyrrole nitrogens is 2. The summed E-state index contributed by atoms with van der Waals surface area (Å²) in [5, 5.41) is 0. The van der Waals surface area contributed by atoms with Gasteiger partial charge in [0.2, 0.25) is 0 Å². The van der Waals surface area contributed by atoms with Crippen molar-refractivity contribution in [3.05, 3.63) is 26.4 Å². The van der Waals surface area contributed by atoms with Gasteiger partial charge in [-0.05, 0) is 32.0 Å². The second-order valence-corrected chi connectivity index (χ2v) is 7.28. The van der Waals surface area contributed by atoms with E-state index in [1.54, 1.807) is 0 Å². The zero-order valence-electron chi connectivity index (χ0n) is 14.0. The van der Waals surface area contributed by atoms with Crippen molar-refractivity contribution in [3.8, 4) is 0 Å². The monoisotopic (exact) mass is 320 g/mol. The molecule has 1 unspecified atom stereocenters. The summed E-state index contributed by atoms with van der Waals surface area (Å²) in [7, 11) is 29.2. The first-order chi connectivity index (χ1) is 11.2. The van der Waals surface area contributed by atoms with Crippen LogP contribution in [0, 0.1) is 11.7 Å². The molecule has 0 bridgehead atoms. The van der Waals surface area contributed by atoms with Gasteiger partial charge in [-0.2, -0.15) is 0 Å². The van der Waals surface area contributed by atoms with Crippen LogP contribution in [0.25, 0.3) is 0 Å². The highest BCUT2D eigenvalue weighted by Gasteiger charge is 2.49. The summed E-state index contributed by atoms with van der Waals surface area (Å²) < 4.78 is 0.357. The van der Waals surface area contributed by atoms with Gasteiger partial charge >= 0.3 is 0 Å². The lowest BCUT2D eigenvalue weighted by molar-refractivity contribution is 0.734. The molecule has 0 spiro atoms. The Labute approximate surface area is 157 Å². The molecule has 1 fully saturated rings. The Morgan fingerprint density at radius 3 is 2.42 bits per heavy atom. The lowest BCUT2D eigenvalue weighted by atomic mass is 8.57. The molecule has 3 nitrogen and oxygen atoms in total. The fourth-order valence-electron chi connectivity index (χ4n) is 3.63. The van der Waals surface area contributed by atoms with Crippen LogP contribution in [0.2, 0.25) is 12.1 Å². The summed E-state index contributed by atoms with van der Waals surface area (Å²) in [5.74, 6) is 0.510. The number of rotatable bonds is 8. The molecule has 2 heterocycles. The molecule has 1 aromatic heterocycles. The van der Waals surface area contributed by atoms with Crippen molar-refractivity contribution >= 4 is 83.0 Å². The van der Waals surface area contributed by atoms with Crippen molar-refractivity contribution in [1.82, 2.24) is 9.97 Å². The predicted octanol–water partition coefficient (Wildman–Crippen LogP) is -1.44. The molecular formula is C10H14B10N2OS. The van der Waals surface area contributed by atoms with E-state index in [0.29, 0.717) is 23.6 Å². The number of hydrogen-bond acceptors (Lipinski definition) is 2. The number of aromatic nitrogens is 2. The minimum absolute atomic E-state index is 0.0760. The molecule has 2 rings (SSSR count). The Hall–Kier alpha value is -0.251. The second-order valence-electron chi connectivity index (χ2n) is 6.87. The van der Waals surface area contributed by atoms with Gasteiger partial charge in [0.05, 0.1) is 6.60 Å². The summed E-state index contributed by atoms with van der Waals surface area (Å²) in [6.07, 6.45) is 2.01. The lowest BCUT2D eigenvalue weighted by Crippen LogP contribution is -2.63. The number of nitrogens with one attached hydrogen (secondary N) is 2. The van der Waals surface area contributed by atoms with E-state index in [4.69, 9.17) is 50.9 Å². The van der Waals surface area contributed by atoms with Crippen molar-refractivity contribution < 1.29 is 0 Å². The smallest absolute Gasteiger partial charge is 0.255 e. The Balaban J connectivity index is 1.89. The molecule has 1 aliphatic rings.